The van der Waals surface area contributed by atoms with Crippen molar-refractivity contribution in [3.63, 3.8) is 0 Å². The van der Waals surface area contributed by atoms with Crippen LogP contribution in [0.15, 0.2) is 17.6 Å². The fraction of sp³-hybridized carbons (Fsp3) is 0.636. The van der Waals surface area contributed by atoms with Gasteiger partial charge in [-0.25, -0.2) is 4.99 Å². The number of nitrogens with two attached hydrogens (primary N) is 2. The Hall–Kier alpha value is -1.72. The zero-order chi connectivity index (χ0) is 12.7. The van der Waals surface area contributed by atoms with E-state index in [4.69, 9.17) is 16.9 Å². The molecule has 1 saturated carbocycles. The summed E-state index contributed by atoms with van der Waals surface area (Å²) in [6.45, 7) is 4.02. The first-order valence-corrected chi connectivity index (χ1v) is 5.96. The molecule has 0 saturated heterocycles. The molecule has 17 heavy (non-hydrogen) atoms. The summed E-state index contributed by atoms with van der Waals surface area (Å²) in [5, 5.41) is 9.18. The monoisotopic (exact) mass is 238 g/mol. The maximum atomic E-state index is 7.57. The van der Waals surface area contributed by atoms with E-state index >= 15 is 0 Å². The van der Waals surface area contributed by atoms with E-state index in [2.05, 4.69) is 17.0 Å². The van der Waals surface area contributed by atoms with Crippen molar-refractivity contribution in [3.05, 3.63) is 12.7 Å². The van der Waals surface area contributed by atoms with Crippen LogP contribution in [0, 0.1) is 5.41 Å². The predicted octanol–water partition coefficient (Wildman–Crippen LogP) is 0.520. The van der Waals surface area contributed by atoms with Gasteiger partial charge >= 0.3 is 0 Å². The molecular formula is C11H22N6. The summed E-state index contributed by atoms with van der Waals surface area (Å²) < 4.78 is 0. The normalized spacial score (nSPS) is 17.5. The summed E-state index contributed by atoms with van der Waals surface area (Å²) in [6, 6.07) is 0.235. The van der Waals surface area contributed by atoms with Crippen molar-refractivity contribution in [2.24, 2.45) is 16.5 Å². The average molecular weight is 238 g/mol. The second kappa shape index (κ2) is 6.78. The van der Waals surface area contributed by atoms with Gasteiger partial charge in [-0.1, -0.05) is 25.3 Å². The van der Waals surface area contributed by atoms with Gasteiger partial charge in [-0.15, -0.1) is 6.58 Å². The Labute approximate surface area is 102 Å². The van der Waals surface area contributed by atoms with Crippen molar-refractivity contribution < 1.29 is 0 Å². The highest BCUT2D eigenvalue weighted by Gasteiger charge is 2.22. The van der Waals surface area contributed by atoms with E-state index in [9.17, 15) is 0 Å². The van der Waals surface area contributed by atoms with Gasteiger partial charge in [0.05, 0.1) is 12.6 Å². The molecule has 0 unspecified atom stereocenters. The van der Waals surface area contributed by atoms with Crippen LogP contribution in [0.4, 0.5) is 0 Å². The standard InChI is InChI=1S/C11H22N6/c1-2-8-15-11(14)16-17(10(12)13)9-6-4-3-5-7-9/h2,9H,1,3-8H2,(H3,12,13)(H3,14,15,16). The maximum Gasteiger partial charge on any atom is 0.208 e. The highest BCUT2D eigenvalue weighted by Crippen LogP contribution is 2.21. The van der Waals surface area contributed by atoms with Crippen molar-refractivity contribution >= 4 is 11.9 Å². The summed E-state index contributed by atoms with van der Waals surface area (Å²) >= 11 is 0. The Morgan fingerprint density at radius 3 is 2.59 bits per heavy atom. The smallest absolute Gasteiger partial charge is 0.208 e. The Kier molecular flexibility index (Phi) is 5.32. The first-order chi connectivity index (χ1) is 8.15. The SMILES string of the molecule is C=CCN=C(N)NN(C(=N)N)C1CCCCC1. The molecule has 0 atom stereocenters. The third-order valence-corrected chi connectivity index (χ3v) is 2.83. The van der Waals surface area contributed by atoms with Crippen LogP contribution in [-0.4, -0.2) is 29.5 Å². The lowest BCUT2D eigenvalue weighted by atomic mass is 9.95. The fourth-order valence-corrected chi connectivity index (χ4v) is 2.01. The Morgan fingerprint density at radius 2 is 2.06 bits per heavy atom. The van der Waals surface area contributed by atoms with Gasteiger partial charge in [0, 0.05) is 0 Å². The fourth-order valence-electron chi connectivity index (χ4n) is 2.01. The van der Waals surface area contributed by atoms with E-state index in [1.807, 2.05) is 0 Å². The molecule has 0 heterocycles. The number of hydrazine groups is 1. The first-order valence-electron chi connectivity index (χ1n) is 5.96. The van der Waals surface area contributed by atoms with Crippen LogP contribution in [0.5, 0.6) is 0 Å². The Balaban J connectivity index is 2.58. The van der Waals surface area contributed by atoms with Crippen LogP contribution < -0.4 is 16.9 Å². The molecule has 1 rings (SSSR count). The van der Waals surface area contributed by atoms with Gasteiger partial charge in [0.15, 0.2) is 0 Å². The van der Waals surface area contributed by atoms with Crippen LogP contribution >= 0.6 is 0 Å². The van der Waals surface area contributed by atoms with Gasteiger partial charge in [0.25, 0.3) is 0 Å². The van der Waals surface area contributed by atoms with Crippen LogP contribution in [0.3, 0.4) is 0 Å². The molecule has 6 N–H and O–H groups in total. The molecule has 1 aliphatic carbocycles. The van der Waals surface area contributed by atoms with Crippen molar-refractivity contribution in [1.29, 1.82) is 5.41 Å². The quantitative estimate of drug-likeness (QED) is 0.249. The van der Waals surface area contributed by atoms with Crippen LogP contribution in [-0.2, 0) is 0 Å². The zero-order valence-electron chi connectivity index (χ0n) is 10.2. The highest BCUT2D eigenvalue weighted by atomic mass is 15.6. The zero-order valence-corrected chi connectivity index (χ0v) is 10.2. The number of rotatable bonds is 3. The van der Waals surface area contributed by atoms with Crippen molar-refractivity contribution in [3.8, 4) is 0 Å². The van der Waals surface area contributed by atoms with Crippen LogP contribution in [0.25, 0.3) is 0 Å². The molecule has 0 aromatic carbocycles. The number of hydrogen-bond acceptors (Lipinski definition) is 2. The summed E-state index contributed by atoms with van der Waals surface area (Å²) in [5.74, 6) is 0.249. The summed E-state index contributed by atoms with van der Waals surface area (Å²) in [6.07, 6.45) is 7.30. The van der Waals surface area contributed by atoms with Crippen molar-refractivity contribution in [2.45, 2.75) is 38.1 Å². The molecule has 6 nitrogen and oxygen atoms in total. The van der Waals surface area contributed by atoms with Gasteiger partial charge in [-0.3, -0.25) is 15.8 Å². The average Bonchev–Trinajstić information content (AvgIpc) is 2.34. The van der Waals surface area contributed by atoms with Crippen LogP contribution in [0.2, 0.25) is 0 Å². The van der Waals surface area contributed by atoms with E-state index in [0.717, 1.165) is 12.8 Å². The molecular weight excluding hydrogens is 216 g/mol. The van der Waals surface area contributed by atoms with E-state index in [0.29, 0.717) is 6.54 Å². The molecule has 0 aromatic rings. The minimum absolute atomic E-state index is 0.0198. The molecule has 0 radical (unpaired) electrons. The molecule has 0 spiro atoms. The topological polar surface area (TPSA) is 104 Å². The lowest BCUT2D eigenvalue weighted by Gasteiger charge is -2.34. The minimum atomic E-state index is -0.0198. The predicted molar refractivity (Wildman–Crippen MR) is 70.4 cm³/mol. The molecule has 1 aliphatic rings. The lowest BCUT2D eigenvalue weighted by Crippen LogP contribution is -2.56. The van der Waals surface area contributed by atoms with Crippen molar-refractivity contribution in [1.82, 2.24) is 10.4 Å². The molecule has 0 aromatic heterocycles. The maximum absolute atomic E-state index is 7.57. The van der Waals surface area contributed by atoms with Gasteiger partial charge in [-0.05, 0) is 12.8 Å². The van der Waals surface area contributed by atoms with Crippen molar-refractivity contribution in [2.75, 3.05) is 6.54 Å². The van der Waals surface area contributed by atoms with Gasteiger partial charge in [0.1, 0.15) is 0 Å². The third-order valence-electron chi connectivity index (χ3n) is 2.83. The molecule has 96 valence electrons. The van der Waals surface area contributed by atoms with Gasteiger partial charge < -0.3 is 11.5 Å². The number of guanidine groups is 2. The second-order valence-corrected chi connectivity index (χ2v) is 4.17. The molecule has 0 aliphatic heterocycles. The summed E-state index contributed by atoms with van der Waals surface area (Å²) in [7, 11) is 0. The molecule has 0 bridgehead atoms. The Bertz CT molecular complexity index is 292. The number of aliphatic imine (C=N–C) groups is 1. The van der Waals surface area contributed by atoms with Gasteiger partial charge in [-0.2, -0.15) is 0 Å². The molecule has 0 amide bonds. The second-order valence-electron chi connectivity index (χ2n) is 4.17. The van der Waals surface area contributed by atoms with Gasteiger partial charge in [0.2, 0.25) is 11.9 Å². The molecule has 6 heteroatoms. The highest BCUT2D eigenvalue weighted by molar-refractivity contribution is 5.82. The van der Waals surface area contributed by atoms with Crippen LogP contribution in [0.1, 0.15) is 32.1 Å². The Morgan fingerprint density at radius 1 is 1.41 bits per heavy atom. The lowest BCUT2D eigenvalue weighted by molar-refractivity contribution is 0.212. The van der Waals surface area contributed by atoms with E-state index < -0.39 is 0 Å². The first kappa shape index (κ1) is 13.3. The third kappa shape index (κ3) is 4.34. The number of nitrogens with one attached hydrogen (secondary N) is 2. The largest absolute Gasteiger partial charge is 0.369 e. The van der Waals surface area contributed by atoms with E-state index in [1.54, 1.807) is 11.1 Å². The summed E-state index contributed by atoms with van der Waals surface area (Å²) in [5.41, 5.74) is 14.1. The minimum Gasteiger partial charge on any atom is -0.369 e. The van der Waals surface area contributed by atoms with E-state index in [-0.39, 0.29) is 18.0 Å². The molecule has 1 fully saturated rings. The van der Waals surface area contributed by atoms with E-state index in [1.165, 1.54) is 19.3 Å². The number of hydrogen-bond donors (Lipinski definition) is 4. The number of nitrogens with zero attached hydrogens (tertiary/aromatic N) is 2. The summed E-state index contributed by atoms with van der Waals surface area (Å²) in [4.78, 5) is 4.03.